The Labute approximate surface area is 193 Å². The van der Waals surface area contributed by atoms with Crippen molar-refractivity contribution in [2.75, 3.05) is 36.2 Å². The van der Waals surface area contributed by atoms with Crippen LogP contribution >= 0.6 is 0 Å². The van der Waals surface area contributed by atoms with Crippen LogP contribution in [0.2, 0.25) is 0 Å². The molecule has 3 heterocycles. The zero-order valence-corrected chi connectivity index (χ0v) is 19.7. The van der Waals surface area contributed by atoms with Gasteiger partial charge in [0.1, 0.15) is 11.8 Å². The predicted octanol–water partition coefficient (Wildman–Crippen LogP) is 3.16. The van der Waals surface area contributed by atoms with Gasteiger partial charge >= 0.3 is 0 Å². The van der Waals surface area contributed by atoms with Crippen molar-refractivity contribution in [3.8, 4) is 23.1 Å². The van der Waals surface area contributed by atoms with E-state index < -0.39 is 10.0 Å². The third-order valence-corrected chi connectivity index (χ3v) is 6.15. The minimum absolute atomic E-state index is 0.0864. The lowest BCUT2D eigenvalue weighted by atomic mass is 10.00. The van der Waals surface area contributed by atoms with E-state index in [9.17, 15) is 13.7 Å². The molecule has 0 spiro atoms. The quantitative estimate of drug-likeness (QED) is 0.608. The molecule has 9 nitrogen and oxygen atoms in total. The summed E-state index contributed by atoms with van der Waals surface area (Å²) >= 11 is 0. The third-order valence-electron chi connectivity index (χ3n) is 5.56. The first-order valence-corrected chi connectivity index (χ1v) is 12.3. The van der Waals surface area contributed by atoms with Gasteiger partial charge in [-0.3, -0.25) is 9.71 Å². The van der Waals surface area contributed by atoms with E-state index in [4.69, 9.17) is 9.47 Å². The van der Waals surface area contributed by atoms with Crippen molar-refractivity contribution in [2.24, 2.45) is 0 Å². The first-order chi connectivity index (χ1) is 15.7. The normalized spacial score (nSPS) is 18.7. The van der Waals surface area contributed by atoms with Crippen molar-refractivity contribution in [3.63, 3.8) is 0 Å². The molecule has 3 aromatic rings. The molecular weight excluding hydrogens is 442 g/mol. The first kappa shape index (κ1) is 22.8. The number of rotatable bonds is 5. The highest BCUT2D eigenvalue weighted by molar-refractivity contribution is 7.92. The highest BCUT2D eigenvalue weighted by Crippen LogP contribution is 2.37. The van der Waals surface area contributed by atoms with E-state index in [0.29, 0.717) is 24.3 Å². The summed E-state index contributed by atoms with van der Waals surface area (Å²) in [5.41, 5.74) is 3.82. The number of nitrogens with zero attached hydrogens (tertiary/aromatic N) is 4. The molecule has 1 aromatic carbocycles. The number of benzene rings is 1. The molecule has 2 atom stereocenters. The average molecular weight is 468 g/mol. The van der Waals surface area contributed by atoms with Crippen molar-refractivity contribution < 1.29 is 17.9 Å². The summed E-state index contributed by atoms with van der Waals surface area (Å²) in [4.78, 5) is 11.0. The molecule has 10 heteroatoms. The van der Waals surface area contributed by atoms with E-state index in [1.165, 1.54) is 7.11 Å². The summed E-state index contributed by atoms with van der Waals surface area (Å²) in [6.07, 6.45) is 4.30. The lowest BCUT2D eigenvalue weighted by molar-refractivity contribution is 0.0758. The second-order valence-electron chi connectivity index (χ2n) is 8.16. The van der Waals surface area contributed by atoms with E-state index in [1.54, 1.807) is 18.5 Å². The van der Waals surface area contributed by atoms with Gasteiger partial charge in [0.25, 0.3) is 0 Å². The molecule has 0 unspecified atom stereocenters. The van der Waals surface area contributed by atoms with E-state index in [2.05, 4.69) is 39.5 Å². The zero-order chi connectivity index (χ0) is 23.8. The summed E-state index contributed by atoms with van der Waals surface area (Å²) in [6.45, 7) is 5.29. The van der Waals surface area contributed by atoms with Crippen LogP contribution in [-0.4, -0.2) is 57.0 Å². The Bertz CT molecular complexity index is 1340. The van der Waals surface area contributed by atoms with Crippen molar-refractivity contribution in [3.05, 3.63) is 42.2 Å². The topological polar surface area (TPSA) is 117 Å². The van der Waals surface area contributed by atoms with Gasteiger partial charge in [-0.25, -0.2) is 13.4 Å². The summed E-state index contributed by atoms with van der Waals surface area (Å²) in [6, 6.07) is 9.87. The van der Waals surface area contributed by atoms with Crippen LogP contribution in [0.3, 0.4) is 0 Å². The highest BCUT2D eigenvalue weighted by atomic mass is 32.2. The molecule has 1 N–H and O–H groups in total. The lowest BCUT2D eigenvalue weighted by Gasteiger charge is -2.41. The molecule has 172 valence electrons. The monoisotopic (exact) mass is 467 g/mol. The Hall–Kier alpha value is -3.42. The molecule has 1 aliphatic heterocycles. The number of ether oxygens (including phenoxy) is 2. The van der Waals surface area contributed by atoms with Crippen LogP contribution in [0.1, 0.15) is 19.4 Å². The molecule has 1 fully saturated rings. The number of pyridine rings is 2. The van der Waals surface area contributed by atoms with Gasteiger partial charge in [-0.05, 0) is 37.6 Å². The van der Waals surface area contributed by atoms with Crippen LogP contribution < -0.4 is 14.4 Å². The molecule has 0 radical (unpaired) electrons. The second kappa shape index (κ2) is 8.84. The zero-order valence-electron chi connectivity index (χ0n) is 18.9. The van der Waals surface area contributed by atoms with Crippen LogP contribution in [0.25, 0.3) is 22.0 Å². The number of sulfonamides is 1. The van der Waals surface area contributed by atoms with Crippen LogP contribution in [0.5, 0.6) is 5.88 Å². The van der Waals surface area contributed by atoms with Gasteiger partial charge in [0.05, 0.1) is 43.3 Å². The number of hydrogen-bond donors (Lipinski definition) is 1. The van der Waals surface area contributed by atoms with Crippen molar-refractivity contribution in [1.29, 1.82) is 5.26 Å². The van der Waals surface area contributed by atoms with Gasteiger partial charge < -0.3 is 14.4 Å². The Morgan fingerprint density at radius 3 is 2.52 bits per heavy atom. The fourth-order valence-electron chi connectivity index (χ4n) is 4.21. The van der Waals surface area contributed by atoms with E-state index >= 15 is 0 Å². The molecule has 0 amide bonds. The first-order valence-electron chi connectivity index (χ1n) is 10.4. The number of nitrogens with one attached hydrogen (secondary N) is 1. The van der Waals surface area contributed by atoms with Gasteiger partial charge in [-0.1, -0.05) is 6.07 Å². The Morgan fingerprint density at radius 1 is 1.15 bits per heavy atom. The van der Waals surface area contributed by atoms with E-state index in [-0.39, 0.29) is 23.7 Å². The number of nitriles is 1. The molecule has 1 aliphatic rings. The van der Waals surface area contributed by atoms with E-state index in [0.717, 1.165) is 28.4 Å². The van der Waals surface area contributed by atoms with Crippen molar-refractivity contribution in [1.82, 2.24) is 9.97 Å². The van der Waals surface area contributed by atoms with Crippen LogP contribution in [0.15, 0.2) is 36.7 Å². The minimum Gasteiger partial charge on any atom is -0.480 e. The van der Waals surface area contributed by atoms with Gasteiger partial charge in [0.15, 0.2) is 0 Å². The molecule has 0 aliphatic carbocycles. The summed E-state index contributed by atoms with van der Waals surface area (Å²) < 4.78 is 36.9. The molecule has 0 saturated carbocycles. The fraction of sp³-hybridized carbons (Fsp3) is 0.348. The molecular formula is C23H25N5O4S. The van der Waals surface area contributed by atoms with E-state index in [1.807, 2.05) is 18.2 Å². The molecule has 0 bridgehead atoms. The molecule has 33 heavy (non-hydrogen) atoms. The van der Waals surface area contributed by atoms with Crippen LogP contribution in [0, 0.1) is 11.3 Å². The lowest BCUT2D eigenvalue weighted by Crippen LogP contribution is -2.50. The number of fused-ring (bicyclic) bond motifs is 1. The van der Waals surface area contributed by atoms with Gasteiger partial charge in [0, 0.05) is 35.4 Å². The fourth-order valence-corrected chi connectivity index (χ4v) is 4.75. The number of hydrogen-bond acceptors (Lipinski definition) is 8. The Morgan fingerprint density at radius 2 is 1.88 bits per heavy atom. The SMILES string of the molecule is COc1ncc(-c2ccc3ncc(C#N)c(N4[C@@H](C)COC[C@@H]4C)c3c2)cc1NS(C)(=O)=O. The number of morpholine rings is 1. The maximum Gasteiger partial charge on any atom is 0.238 e. The highest BCUT2D eigenvalue weighted by Gasteiger charge is 2.29. The summed E-state index contributed by atoms with van der Waals surface area (Å²) in [5, 5.41) is 10.7. The second-order valence-corrected chi connectivity index (χ2v) is 9.91. The average Bonchev–Trinajstić information content (AvgIpc) is 2.77. The van der Waals surface area contributed by atoms with Gasteiger partial charge in [0.2, 0.25) is 15.9 Å². The number of anilines is 2. The summed E-state index contributed by atoms with van der Waals surface area (Å²) in [5.74, 6) is 0.176. The largest absolute Gasteiger partial charge is 0.480 e. The number of aromatic nitrogens is 2. The van der Waals surface area contributed by atoms with Crippen molar-refractivity contribution in [2.45, 2.75) is 25.9 Å². The minimum atomic E-state index is -3.52. The maximum absolute atomic E-state index is 11.8. The molecule has 4 rings (SSSR count). The summed E-state index contributed by atoms with van der Waals surface area (Å²) in [7, 11) is -2.09. The van der Waals surface area contributed by atoms with Gasteiger partial charge in [-0.15, -0.1) is 0 Å². The maximum atomic E-state index is 11.8. The molecule has 1 saturated heterocycles. The van der Waals surface area contributed by atoms with Crippen molar-refractivity contribution >= 4 is 32.3 Å². The van der Waals surface area contributed by atoms with Gasteiger partial charge in [-0.2, -0.15) is 5.26 Å². The Kier molecular flexibility index (Phi) is 6.10. The smallest absolute Gasteiger partial charge is 0.238 e. The third kappa shape index (κ3) is 4.55. The predicted molar refractivity (Wildman–Crippen MR) is 127 cm³/mol. The van der Waals surface area contributed by atoms with Crippen LogP contribution in [-0.2, 0) is 14.8 Å². The molecule has 2 aromatic heterocycles. The number of methoxy groups -OCH3 is 1. The standard InChI is InChI=1S/C23H25N5O4S/c1-14-12-32-13-15(2)28(14)22-18(9-24)11-25-20-6-5-16(7-19(20)22)17-8-21(27-33(4,29)30)23(31-3)26-10-17/h5-8,10-11,14-15,27H,12-13H2,1-4H3/t14-,15-/m0/s1. The Balaban J connectivity index is 1.90. The van der Waals surface area contributed by atoms with Crippen LogP contribution in [0.4, 0.5) is 11.4 Å².